The van der Waals surface area contributed by atoms with Crippen molar-refractivity contribution in [2.75, 3.05) is 5.88 Å². The summed E-state index contributed by atoms with van der Waals surface area (Å²) in [7, 11) is 0. The lowest BCUT2D eigenvalue weighted by Crippen LogP contribution is -1.98. The van der Waals surface area contributed by atoms with Crippen LogP contribution in [-0.4, -0.2) is 22.9 Å². The average Bonchev–Trinajstić information content (AvgIpc) is 2.05. The molecule has 0 spiro atoms. The van der Waals surface area contributed by atoms with Crippen LogP contribution in [0.3, 0.4) is 0 Å². The predicted molar refractivity (Wildman–Crippen MR) is 49.5 cm³/mol. The molecule has 74 valence electrons. The van der Waals surface area contributed by atoms with E-state index in [0.29, 0.717) is 0 Å². The maximum atomic E-state index is 9.99. The number of hydrogen-bond donors (Lipinski definition) is 1. The highest BCUT2D eigenvalue weighted by Gasteiger charge is 1.92. The van der Waals surface area contributed by atoms with Gasteiger partial charge in [0, 0.05) is 5.57 Å². The van der Waals surface area contributed by atoms with Gasteiger partial charge < -0.3 is 9.84 Å². The summed E-state index contributed by atoms with van der Waals surface area (Å²) in [5, 5.41) is 7.89. The molecule has 1 N–H and O–H groups in total. The topological polar surface area (TPSA) is 63.6 Å². The highest BCUT2D eigenvalue weighted by molar-refractivity contribution is 6.26. The summed E-state index contributed by atoms with van der Waals surface area (Å²) in [6.45, 7) is 7.75. The van der Waals surface area contributed by atoms with E-state index < -0.39 is 11.9 Å². The molecule has 13 heavy (non-hydrogen) atoms. The lowest BCUT2D eigenvalue weighted by Gasteiger charge is -1.87. The first kappa shape index (κ1) is 14.2. The Labute approximate surface area is 81.5 Å². The summed E-state index contributed by atoms with van der Waals surface area (Å²) >= 11 is 5.01. The number of carboxylic acid groups (broad SMARTS) is 1. The van der Waals surface area contributed by atoms with Crippen molar-refractivity contribution in [3.8, 4) is 0 Å². The molecule has 0 bridgehead atoms. The molecule has 0 aliphatic heterocycles. The van der Waals surface area contributed by atoms with Crippen LogP contribution < -0.4 is 0 Å². The number of carbonyl (C=O) groups is 2. The molecule has 5 heteroatoms. The van der Waals surface area contributed by atoms with E-state index in [1.807, 2.05) is 0 Å². The molecule has 0 aromatic rings. The van der Waals surface area contributed by atoms with Crippen LogP contribution in [0.2, 0.25) is 0 Å². The van der Waals surface area contributed by atoms with Gasteiger partial charge in [-0.05, 0) is 6.92 Å². The zero-order valence-corrected chi connectivity index (χ0v) is 8.00. The molecule has 0 aliphatic rings. The van der Waals surface area contributed by atoms with Crippen LogP contribution in [0.25, 0.3) is 0 Å². The minimum atomic E-state index is -0.935. The van der Waals surface area contributed by atoms with E-state index in [0.717, 1.165) is 6.26 Å². The van der Waals surface area contributed by atoms with E-state index in [-0.39, 0.29) is 11.5 Å². The average molecular weight is 207 g/mol. The molecule has 0 radical (unpaired) electrons. The van der Waals surface area contributed by atoms with Gasteiger partial charge in [0.15, 0.2) is 0 Å². The van der Waals surface area contributed by atoms with Crippen LogP contribution in [0.5, 0.6) is 0 Å². The molecule has 0 aliphatic carbocycles. The first-order valence-corrected chi connectivity index (χ1v) is 3.74. The number of hydrogen-bond acceptors (Lipinski definition) is 3. The lowest BCUT2D eigenvalue weighted by molar-refractivity contribution is -0.135. The molecule has 0 unspecified atom stereocenters. The summed E-state index contributed by atoms with van der Waals surface area (Å²) in [6.07, 6.45) is 1.05. The lowest BCUT2D eigenvalue weighted by atomic mass is 10.4. The molecule has 0 heterocycles. The van der Waals surface area contributed by atoms with Crippen molar-refractivity contribution >= 4 is 23.5 Å². The van der Waals surface area contributed by atoms with Gasteiger partial charge in [-0.2, -0.15) is 0 Å². The smallest absolute Gasteiger partial charge is 0.330 e. The summed E-state index contributed by atoms with van der Waals surface area (Å²) in [4.78, 5) is 19.6. The number of aliphatic carboxylic acids is 1. The predicted octanol–water partition coefficient (Wildman–Crippen LogP) is 1.56. The Bertz CT molecular complexity index is 198. The molecular formula is C8H11ClO4. The molecule has 0 amide bonds. The van der Waals surface area contributed by atoms with Crippen molar-refractivity contribution in [2.24, 2.45) is 0 Å². The summed E-state index contributed by atoms with van der Waals surface area (Å²) in [5.74, 6) is -1.53. The molecule has 0 aromatic carbocycles. The van der Waals surface area contributed by atoms with E-state index >= 15 is 0 Å². The van der Waals surface area contributed by atoms with Gasteiger partial charge in [0.2, 0.25) is 0 Å². The Morgan fingerprint density at radius 3 is 2.08 bits per heavy atom. The van der Waals surface area contributed by atoms with Crippen molar-refractivity contribution in [3.05, 3.63) is 25.0 Å². The molecule has 0 rings (SSSR count). The maximum absolute atomic E-state index is 9.99. The SMILES string of the molecule is C=C(C)C(=O)O.C=COC(=O)CCl. The van der Waals surface area contributed by atoms with E-state index in [1.54, 1.807) is 0 Å². The maximum Gasteiger partial charge on any atom is 0.330 e. The Morgan fingerprint density at radius 1 is 1.62 bits per heavy atom. The fourth-order valence-electron chi connectivity index (χ4n) is 0.124. The van der Waals surface area contributed by atoms with Crippen LogP contribution in [0.4, 0.5) is 0 Å². The largest absolute Gasteiger partial charge is 0.478 e. The van der Waals surface area contributed by atoms with Crippen molar-refractivity contribution in [3.63, 3.8) is 0 Å². The van der Waals surface area contributed by atoms with Crippen molar-refractivity contribution < 1.29 is 19.4 Å². The van der Waals surface area contributed by atoms with Gasteiger partial charge in [-0.3, -0.25) is 4.79 Å². The molecule has 0 fully saturated rings. The van der Waals surface area contributed by atoms with E-state index in [1.165, 1.54) is 6.92 Å². The summed E-state index contributed by atoms with van der Waals surface area (Å²) in [6, 6.07) is 0. The molecule has 0 aromatic heterocycles. The first-order valence-electron chi connectivity index (χ1n) is 3.20. The third-order valence-corrected chi connectivity index (χ3v) is 0.907. The number of carbonyl (C=O) groups excluding carboxylic acids is 1. The zero-order chi connectivity index (χ0) is 10.9. The van der Waals surface area contributed by atoms with Gasteiger partial charge in [-0.1, -0.05) is 13.2 Å². The van der Waals surface area contributed by atoms with E-state index in [9.17, 15) is 9.59 Å². The normalized spacial score (nSPS) is 7.54. The second-order valence-corrected chi connectivity index (χ2v) is 2.14. The molecule has 0 saturated heterocycles. The Balaban J connectivity index is 0. The van der Waals surface area contributed by atoms with Gasteiger partial charge in [0.25, 0.3) is 0 Å². The second-order valence-electron chi connectivity index (χ2n) is 1.88. The monoisotopic (exact) mass is 206 g/mol. The van der Waals surface area contributed by atoms with Crippen LogP contribution in [0, 0.1) is 0 Å². The molecule has 0 saturated carbocycles. The van der Waals surface area contributed by atoms with Gasteiger partial charge in [0.1, 0.15) is 5.88 Å². The van der Waals surface area contributed by atoms with Gasteiger partial charge in [0.05, 0.1) is 6.26 Å². The minimum absolute atomic E-state index is 0.119. The number of esters is 1. The number of halogens is 1. The van der Waals surface area contributed by atoms with E-state index in [4.69, 9.17) is 16.7 Å². The van der Waals surface area contributed by atoms with Crippen molar-refractivity contribution in [2.45, 2.75) is 6.92 Å². The second kappa shape index (κ2) is 8.80. The zero-order valence-electron chi connectivity index (χ0n) is 7.25. The van der Waals surface area contributed by atoms with Crippen molar-refractivity contribution in [1.82, 2.24) is 0 Å². The van der Waals surface area contributed by atoms with Gasteiger partial charge >= 0.3 is 11.9 Å². The molecule has 4 nitrogen and oxygen atoms in total. The number of carboxylic acids is 1. The molecule has 0 atom stereocenters. The fraction of sp³-hybridized carbons (Fsp3) is 0.250. The van der Waals surface area contributed by atoms with E-state index in [2.05, 4.69) is 17.9 Å². The number of rotatable bonds is 3. The van der Waals surface area contributed by atoms with Crippen LogP contribution in [-0.2, 0) is 14.3 Å². The Kier molecular flexibility index (Phi) is 9.65. The van der Waals surface area contributed by atoms with Gasteiger partial charge in [-0.25, -0.2) is 4.79 Å². The third-order valence-electron chi connectivity index (χ3n) is 0.689. The summed E-state index contributed by atoms with van der Waals surface area (Å²) in [5.41, 5.74) is 0.176. The number of alkyl halides is 1. The number of ether oxygens (including phenoxy) is 1. The van der Waals surface area contributed by atoms with Crippen LogP contribution >= 0.6 is 11.6 Å². The summed E-state index contributed by atoms with van der Waals surface area (Å²) < 4.78 is 4.18. The highest BCUT2D eigenvalue weighted by atomic mass is 35.5. The third kappa shape index (κ3) is 13.7. The minimum Gasteiger partial charge on any atom is -0.478 e. The Morgan fingerprint density at radius 2 is 2.00 bits per heavy atom. The quantitative estimate of drug-likeness (QED) is 0.329. The highest BCUT2D eigenvalue weighted by Crippen LogP contribution is 1.81. The van der Waals surface area contributed by atoms with Gasteiger partial charge in [-0.15, -0.1) is 11.6 Å². The van der Waals surface area contributed by atoms with Crippen LogP contribution in [0.1, 0.15) is 6.92 Å². The Hall–Kier alpha value is -1.29. The van der Waals surface area contributed by atoms with Crippen molar-refractivity contribution in [1.29, 1.82) is 0 Å². The standard InChI is InChI=1S/C4H5ClO2.C4H6O2/c1-2-7-4(6)3-5;1-3(2)4(5)6/h2H,1,3H2;1H2,2H3,(H,5,6). The molecular weight excluding hydrogens is 196 g/mol. The fourth-order valence-corrected chi connectivity index (χ4v) is 0.187. The van der Waals surface area contributed by atoms with Crippen LogP contribution in [0.15, 0.2) is 25.0 Å². The first-order chi connectivity index (χ1) is 5.95.